The predicted octanol–water partition coefficient (Wildman–Crippen LogP) is 3.32. The Morgan fingerprint density at radius 2 is 2.00 bits per heavy atom. The van der Waals surface area contributed by atoms with Crippen molar-refractivity contribution in [3.63, 3.8) is 0 Å². The van der Waals surface area contributed by atoms with Crippen LogP contribution in [0.25, 0.3) is 0 Å². The van der Waals surface area contributed by atoms with Gasteiger partial charge in [0, 0.05) is 18.7 Å². The van der Waals surface area contributed by atoms with E-state index in [-0.39, 0.29) is 6.61 Å². The number of aliphatic hydroxyl groups excluding tert-OH is 1. The monoisotopic (exact) mass is 275 g/mol. The fraction of sp³-hybridized carbons (Fsp3) is 0.375. The van der Waals surface area contributed by atoms with Crippen LogP contribution in [0.3, 0.4) is 0 Å². The maximum absolute atomic E-state index is 8.95. The Kier molecular flexibility index (Phi) is 5.65. The van der Waals surface area contributed by atoms with Crippen LogP contribution in [-0.4, -0.2) is 17.8 Å². The molecule has 1 heterocycles. The Morgan fingerprint density at radius 1 is 1.20 bits per heavy atom. The summed E-state index contributed by atoms with van der Waals surface area (Å²) >= 11 is 0. The third-order valence-electron chi connectivity index (χ3n) is 3.13. The Morgan fingerprint density at radius 3 is 2.70 bits per heavy atom. The molecule has 20 heavy (non-hydrogen) atoms. The second kappa shape index (κ2) is 7.72. The fourth-order valence-electron chi connectivity index (χ4n) is 1.96. The quantitative estimate of drug-likeness (QED) is 0.776. The Hall–Kier alpha value is -1.78. The van der Waals surface area contributed by atoms with Crippen molar-refractivity contribution in [1.29, 1.82) is 0 Å². The zero-order valence-corrected chi connectivity index (χ0v) is 11.7. The Bertz CT molecular complexity index is 495. The van der Waals surface area contributed by atoms with Gasteiger partial charge in [-0.15, -0.1) is 0 Å². The molecular formula is C16H21NO3. The van der Waals surface area contributed by atoms with Gasteiger partial charge >= 0.3 is 0 Å². The maximum Gasteiger partial charge on any atom is 0.290 e. The van der Waals surface area contributed by atoms with Gasteiger partial charge in [-0.1, -0.05) is 25.1 Å². The molecule has 0 amide bonds. The highest BCUT2D eigenvalue weighted by Gasteiger charge is 2.08. The molecule has 0 aliphatic carbocycles. The minimum Gasteiger partial charge on any atom is -0.429 e. The smallest absolute Gasteiger partial charge is 0.290 e. The zero-order valence-electron chi connectivity index (χ0n) is 11.7. The molecule has 2 N–H and O–H groups in total. The van der Waals surface area contributed by atoms with Gasteiger partial charge in [-0.2, -0.15) is 0 Å². The molecule has 1 unspecified atom stereocenters. The summed E-state index contributed by atoms with van der Waals surface area (Å²) in [4.78, 5) is 0. The molecule has 0 fully saturated rings. The zero-order chi connectivity index (χ0) is 14.2. The molecule has 0 aliphatic heterocycles. The van der Waals surface area contributed by atoms with Crippen LogP contribution in [0.15, 0.2) is 46.9 Å². The van der Waals surface area contributed by atoms with E-state index in [0.717, 1.165) is 24.4 Å². The van der Waals surface area contributed by atoms with Crippen LogP contribution >= 0.6 is 0 Å². The fourth-order valence-corrected chi connectivity index (χ4v) is 1.96. The van der Waals surface area contributed by atoms with Gasteiger partial charge in [-0.05, 0) is 31.0 Å². The van der Waals surface area contributed by atoms with Gasteiger partial charge in [0.2, 0.25) is 0 Å². The van der Waals surface area contributed by atoms with E-state index >= 15 is 0 Å². The third-order valence-corrected chi connectivity index (χ3v) is 3.13. The van der Waals surface area contributed by atoms with E-state index in [9.17, 15) is 0 Å². The Labute approximate surface area is 119 Å². The third kappa shape index (κ3) is 4.40. The van der Waals surface area contributed by atoms with Crippen LogP contribution < -0.4 is 10.1 Å². The number of hydrogen-bond donors (Lipinski definition) is 2. The summed E-state index contributed by atoms with van der Waals surface area (Å²) in [6.07, 6.45) is 1.74. The van der Waals surface area contributed by atoms with Crippen molar-refractivity contribution < 1.29 is 14.3 Å². The molecule has 0 aliphatic rings. The highest BCUT2D eigenvalue weighted by molar-refractivity contribution is 5.26. The van der Waals surface area contributed by atoms with Crippen LogP contribution in [0.1, 0.15) is 25.5 Å². The maximum atomic E-state index is 8.95. The van der Waals surface area contributed by atoms with E-state index in [1.54, 1.807) is 0 Å². The second-order valence-electron chi connectivity index (χ2n) is 4.63. The van der Waals surface area contributed by atoms with Crippen LogP contribution in [0.4, 0.5) is 0 Å². The molecule has 0 saturated heterocycles. The van der Waals surface area contributed by atoms with Crippen molar-refractivity contribution in [1.82, 2.24) is 5.32 Å². The SMILES string of the molecule is CCC(CCO)NCc1ccc(Oc2ccccc2)o1. The highest BCUT2D eigenvalue weighted by Crippen LogP contribution is 2.23. The molecule has 0 saturated carbocycles. The summed E-state index contributed by atoms with van der Waals surface area (Å²) in [7, 11) is 0. The number of ether oxygens (including phenoxy) is 1. The lowest BCUT2D eigenvalue weighted by atomic mass is 10.1. The first-order valence-electron chi connectivity index (χ1n) is 6.97. The van der Waals surface area contributed by atoms with Gasteiger partial charge in [0.1, 0.15) is 11.5 Å². The molecule has 2 rings (SSSR count). The topological polar surface area (TPSA) is 54.6 Å². The molecule has 4 heteroatoms. The number of rotatable bonds is 8. The van der Waals surface area contributed by atoms with Crippen molar-refractivity contribution in [2.24, 2.45) is 0 Å². The van der Waals surface area contributed by atoms with Crippen molar-refractivity contribution >= 4 is 0 Å². The number of aliphatic hydroxyl groups is 1. The first-order valence-corrected chi connectivity index (χ1v) is 6.97. The van der Waals surface area contributed by atoms with Crippen LogP contribution in [0.2, 0.25) is 0 Å². The average Bonchev–Trinajstić information content (AvgIpc) is 2.92. The molecule has 1 aromatic carbocycles. The minimum absolute atomic E-state index is 0.200. The second-order valence-corrected chi connectivity index (χ2v) is 4.63. The van der Waals surface area contributed by atoms with Gasteiger partial charge in [-0.25, -0.2) is 0 Å². The molecule has 108 valence electrons. The van der Waals surface area contributed by atoms with Crippen molar-refractivity contribution in [2.75, 3.05) is 6.61 Å². The summed E-state index contributed by atoms with van der Waals surface area (Å²) in [6, 6.07) is 13.6. The van der Waals surface area contributed by atoms with E-state index in [1.165, 1.54) is 0 Å². The van der Waals surface area contributed by atoms with Crippen LogP contribution in [0.5, 0.6) is 11.7 Å². The van der Waals surface area contributed by atoms with E-state index in [4.69, 9.17) is 14.3 Å². The molecular weight excluding hydrogens is 254 g/mol. The summed E-state index contributed by atoms with van der Waals surface area (Å²) in [5, 5.41) is 12.3. The number of para-hydroxylation sites is 1. The lowest BCUT2D eigenvalue weighted by Crippen LogP contribution is -2.28. The first-order chi connectivity index (χ1) is 9.81. The number of hydrogen-bond acceptors (Lipinski definition) is 4. The van der Waals surface area contributed by atoms with Crippen molar-refractivity contribution in [3.8, 4) is 11.7 Å². The Balaban J connectivity index is 1.86. The van der Waals surface area contributed by atoms with E-state index in [0.29, 0.717) is 18.5 Å². The summed E-state index contributed by atoms with van der Waals surface area (Å²) in [6.45, 7) is 2.93. The molecule has 0 radical (unpaired) electrons. The first kappa shape index (κ1) is 14.6. The largest absolute Gasteiger partial charge is 0.429 e. The number of furan rings is 1. The molecule has 1 aromatic heterocycles. The molecule has 2 aromatic rings. The van der Waals surface area contributed by atoms with Crippen LogP contribution in [-0.2, 0) is 6.54 Å². The predicted molar refractivity (Wildman–Crippen MR) is 77.8 cm³/mol. The van der Waals surface area contributed by atoms with E-state index in [1.807, 2.05) is 42.5 Å². The summed E-state index contributed by atoms with van der Waals surface area (Å²) in [5.41, 5.74) is 0. The minimum atomic E-state index is 0.200. The lowest BCUT2D eigenvalue weighted by Gasteiger charge is -2.14. The van der Waals surface area contributed by atoms with Crippen molar-refractivity contribution in [3.05, 3.63) is 48.2 Å². The standard InChI is InChI=1S/C16H21NO3/c1-2-13(10-11-18)17-12-15-8-9-16(20-15)19-14-6-4-3-5-7-14/h3-9,13,17-18H,2,10-12H2,1H3. The number of nitrogens with one attached hydrogen (secondary N) is 1. The molecule has 1 atom stereocenters. The molecule has 0 bridgehead atoms. The molecule has 4 nitrogen and oxygen atoms in total. The van der Waals surface area contributed by atoms with Gasteiger partial charge in [0.05, 0.1) is 6.54 Å². The summed E-state index contributed by atoms with van der Waals surface area (Å²) in [5.74, 6) is 2.07. The van der Waals surface area contributed by atoms with Gasteiger partial charge in [0.15, 0.2) is 0 Å². The van der Waals surface area contributed by atoms with Gasteiger partial charge in [0.25, 0.3) is 5.95 Å². The highest BCUT2D eigenvalue weighted by atomic mass is 16.6. The normalized spacial score (nSPS) is 12.3. The summed E-state index contributed by atoms with van der Waals surface area (Å²) < 4.78 is 11.2. The van der Waals surface area contributed by atoms with E-state index < -0.39 is 0 Å². The molecule has 0 spiro atoms. The van der Waals surface area contributed by atoms with Gasteiger partial charge in [-0.3, -0.25) is 0 Å². The van der Waals surface area contributed by atoms with E-state index in [2.05, 4.69) is 12.2 Å². The van der Waals surface area contributed by atoms with Gasteiger partial charge < -0.3 is 19.6 Å². The average molecular weight is 275 g/mol. The number of benzene rings is 1. The van der Waals surface area contributed by atoms with Crippen LogP contribution in [0, 0.1) is 0 Å². The van der Waals surface area contributed by atoms with Crippen molar-refractivity contribution in [2.45, 2.75) is 32.4 Å². The lowest BCUT2D eigenvalue weighted by molar-refractivity contribution is 0.258.